The minimum atomic E-state index is -5.01. The molecule has 0 saturated heterocycles. The van der Waals surface area contributed by atoms with Crippen molar-refractivity contribution in [2.24, 2.45) is 5.16 Å². The molecule has 2 aromatic carbocycles. The Morgan fingerprint density at radius 3 is 2.24 bits per heavy atom. The van der Waals surface area contributed by atoms with Crippen LogP contribution in [0.4, 0.5) is 45.5 Å². The molecule has 4 rings (SSSR count). The van der Waals surface area contributed by atoms with E-state index in [9.17, 15) is 44.3 Å². The van der Waals surface area contributed by atoms with Crippen LogP contribution in [0.15, 0.2) is 41.6 Å². The van der Waals surface area contributed by atoms with Crippen molar-refractivity contribution in [3.05, 3.63) is 74.5 Å². The van der Waals surface area contributed by atoms with Gasteiger partial charge in [-0.2, -0.15) is 18.2 Å². The first-order valence-electron chi connectivity index (χ1n) is 12.5. The van der Waals surface area contributed by atoms with Gasteiger partial charge in [-0.1, -0.05) is 34.4 Å². The highest BCUT2D eigenvalue weighted by Gasteiger charge is 2.62. The van der Waals surface area contributed by atoms with E-state index in [0.29, 0.717) is 0 Å². The van der Waals surface area contributed by atoms with Gasteiger partial charge in [-0.05, 0) is 48.4 Å². The van der Waals surface area contributed by atoms with Gasteiger partial charge in [-0.25, -0.2) is 35.9 Å². The number of ether oxygens (including phenoxy) is 1. The van der Waals surface area contributed by atoms with Crippen LogP contribution in [0.5, 0.6) is 0 Å². The van der Waals surface area contributed by atoms with Crippen molar-refractivity contribution >= 4 is 40.8 Å². The highest BCUT2D eigenvalue weighted by molar-refractivity contribution is 6.34. The molecule has 3 unspecified atom stereocenters. The standard InChI is InChI=1S/C26H20Cl2F9N5O3/c1-11-5-12(17-9-25(45-40-17,26(35,36)37)13-6-14(27)8-15(28)7-13)3-4-16(11)23(43)41(21(33)19(29)30)24-38-18(10-44-2)42(39-24)22(34)20(31)32/h3-8,19-22H,9-10H2,1-2H3. The minimum absolute atomic E-state index is 0.0162. The van der Waals surface area contributed by atoms with E-state index < -0.39 is 79.1 Å². The summed E-state index contributed by atoms with van der Waals surface area (Å²) in [5.74, 6) is -3.33. The largest absolute Gasteiger partial charge is 0.435 e. The number of alkyl halides is 9. The lowest BCUT2D eigenvalue weighted by Gasteiger charge is -2.29. The maximum Gasteiger partial charge on any atom is 0.435 e. The van der Waals surface area contributed by atoms with E-state index in [1.807, 2.05) is 0 Å². The van der Waals surface area contributed by atoms with Crippen molar-refractivity contribution in [1.82, 2.24) is 14.8 Å². The Morgan fingerprint density at radius 2 is 1.71 bits per heavy atom. The predicted molar refractivity (Wildman–Crippen MR) is 142 cm³/mol. The monoisotopic (exact) mass is 691 g/mol. The molecule has 2 heterocycles. The molecule has 1 aromatic heterocycles. The van der Waals surface area contributed by atoms with Gasteiger partial charge in [0, 0.05) is 34.7 Å². The van der Waals surface area contributed by atoms with Crippen LogP contribution in [0.25, 0.3) is 0 Å². The Bertz CT molecular complexity index is 1580. The quantitative estimate of drug-likeness (QED) is 0.162. The number of methoxy groups -OCH3 is 1. The van der Waals surface area contributed by atoms with E-state index in [4.69, 9.17) is 32.8 Å². The lowest BCUT2D eigenvalue weighted by Crippen LogP contribution is -2.43. The Hall–Kier alpha value is -3.57. The summed E-state index contributed by atoms with van der Waals surface area (Å²) in [7, 11) is 1.07. The van der Waals surface area contributed by atoms with E-state index in [0.717, 1.165) is 37.4 Å². The zero-order valence-electron chi connectivity index (χ0n) is 22.8. The SMILES string of the molecule is COCc1nc(N(C(=O)c2ccc(C3=NOC(c4cc(Cl)cc(Cl)c4)(C(F)(F)F)C3)cc2C)C(F)C(F)F)nn1C(F)C(F)F. The topological polar surface area (TPSA) is 81.8 Å². The minimum Gasteiger partial charge on any atom is -0.377 e. The Kier molecular flexibility index (Phi) is 9.94. The lowest BCUT2D eigenvalue weighted by atomic mass is 9.86. The van der Waals surface area contributed by atoms with E-state index in [2.05, 4.69) is 15.2 Å². The summed E-state index contributed by atoms with van der Waals surface area (Å²) in [4.78, 5) is 21.6. The number of anilines is 1. The normalized spacial score (nSPS) is 18.2. The van der Waals surface area contributed by atoms with E-state index in [1.54, 1.807) is 0 Å². The number of oxime groups is 1. The molecule has 3 aromatic rings. The van der Waals surface area contributed by atoms with E-state index >= 15 is 0 Å². The zero-order chi connectivity index (χ0) is 33.4. The first-order chi connectivity index (χ1) is 21.0. The van der Waals surface area contributed by atoms with Crippen molar-refractivity contribution in [3.63, 3.8) is 0 Å². The molecule has 0 radical (unpaired) electrons. The van der Waals surface area contributed by atoms with Gasteiger partial charge < -0.3 is 9.57 Å². The molecule has 19 heteroatoms. The third kappa shape index (κ3) is 6.70. The molecule has 0 saturated carbocycles. The van der Waals surface area contributed by atoms with Crippen molar-refractivity contribution in [2.45, 2.75) is 57.2 Å². The van der Waals surface area contributed by atoms with Crippen LogP contribution in [0.2, 0.25) is 10.0 Å². The zero-order valence-corrected chi connectivity index (χ0v) is 24.3. The van der Waals surface area contributed by atoms with Crippen LogP contribution in [0, 0.1) is 6.92 Å². The molecular formula is C26H20Cl2F9N5O3. The molecule has 1 aliphatic rings. The number of nitrogens with zero attached hydrogens (tertiary/aromatic N) is 5. The van der Waals surface area contributed by atoms with Crippen molar-refractivity contribution in [1.29, 1.82) is 0 Å². The van der Waals surface area contributed by atoms with Gasteiger partial charge >= 0.3 is 6.18 Å². The highest BCUT2D eigenvalue weighted by atomic mass is 35.5. The molecule has 0 bridgehead atoms. The van der Waals surface area contributed by atoms with Crippen LogP contribution in [0.3, 0.4) is 0 Å². The average Bonchev–Trinajstić information content (AvgIpc) is 3.58. The summed E-state index contributed by atoms with van der Waals surface area (Å²) in [6.45, 7) is 0.595. The maximum absolute atomic E-state index is 14.8. The molecule has 244 valence electrons. The van der Waals surface area contributed by atoms with Gasteiger partial charge in [0.05, 0.1) is 5.71 Å². The summed E-state index contributed by atoms with van der Waals surface area (Å²) >= 11 is 11.8. The molecule has 1 amide bonds. The van der Waals surface area contributed by atoms with Crippen molar-refractivity contribution in [2.75, 3.05) is 12.0 Å². The van der Waals surface area contributed by atoms with Crippen LogP contribution in [0.1, 0.15) is 45.6 Å². The van der Waals surface area contributed by atoms with Crippen molar-refractivity contribution < 1.29 is 53.9 Å². The van der Waals surface area contributed by atoms with E-state index in [-0.39, 0.29) is 36.5 Å². The van der Waals surface area contributed by atoms with Gasteiger partial charge in [-0.15, -0.1) is 5.10 Å². The number of aromatic nitrogens is 3. The van der Waals surface area contributed by atoms with Gasteiger partial charge in [0.1, 0.15) is 6.61 Å². The highest BCUT2D eigenvalue weighted by Crippen LogP contribution is 2.49. The molecule has 0 N–H and O–H groups in total. The van der Waals surface area contributed by atoms with Gasteiger partial charge in [-0.3, -0.25) is 4.79 Å². The fourth-order valence-corrected chi connectivity index (χ4v) is 4.99. The maximum atomic E-state index is 14.8. The first kappa shape index (κ1) is 34.3. The molecule has 0 aliphatic carbocycles. The smallest absolute Gasteiger partial charge is 0.377 e. The van der Waals surface area contributed by atoms with Gasteiger partial charge in [0.25, 0.3) is 36.6 Å². The summed E-state index contributed by atoms with van der Waals surface area (Å²) in [5.41, 5.74) is -4.15. The number of carbonyl (C=O) groups excluding carboxylic acids is 1. The number of hydrogen-bond acceptors (Lipinski definition) is 6. The molecule has 3 atom stereocenters. The Balaban J connectivity index is 1.70. The van der Waals surface area contributed by atoms with Crippen LogP contribution >= 0.6 is 23.2 Å². The van der Waals surface area contributed by atoms with Gasteiger partial charge in [0.2, 0.25) is 6.30 Å². The number of benzene rings is 2. The lowest BCUT2D eigenvalue weighted by molar-refractivity contribution is -0.275. The number of halogens is 11. The average molecular weight is 692 g/mol. The molecule has 0 spiro atoms. The number of carbonyl (C=O) groups is 1. The Labute approximate surface area is 258 Å². The third-order valence-electron chi connectivity index (χ3n) is 6.60. The van der Waals surface area contributed by atoms with Crippen LogP contribution < -0.4 is 4.90 Å². The molecule has 8 nitrogen and oxygen atoms in total. The second-order valence-corrected chi connectivity index (χ2v) is 10.5. The van der Waals surface area contributed by atoms with Crippen LogP contribution in [-0.2, 0) is 21.8 Å². The number of aryl methyl sites for hydroxylation is 1. The van der Waals surface area contributed by atoms with E-state index in [1.165, 1.54) is 13.0 Å². The number of amides is 1. The third-order valence-corrected chi connectivity index (χ3v) is 7.04. The first-order valence-corrected chi connectivity index (χ1v) is 13.3. The summed E-state index contributed by atoms with van der Waals surface area (Å²) < 4.78 is 130. The summed E-state index contributed by atoms with van der Waals surface area (Å²) in [6.07, 6.45) is -19.9. The molecule has 45 heavy (non-hydrogen) atoms. The fraction of sp³-hybridized carbons (Fsp3) is 0.385. The fourth-order valence-electron chi connectivity index (χ4n) is 4.46. The molecular weight excluding hydrogens is 672 g/mol. The molecule has 1 aliphatic heterocycles. The number of hydrogen-bond donors (Lipinski definition) is 0. The van der Waals surface area contributed by atoms with Crippen molar-refractivity contribution in [3.8, 4) is 0 Å². The van der Waals surface area contributed by atoms with Gasteiger partial charge in [0.15, 0.2) is 5.82 Å². The second-order valence-electron chi connectivity index (χ2n) is 9.61. The molecule has 0 fully saturated rings. The van der Waals surface area contributed by atoms with Crippen LogP contribution in [-0.4, -0.2) is 58.8 Å². The number of rotatable bonds is 10. The predicted octanol–water partition coefficient (Wildman–Crippen LogP) is 7.56. The Morgan fingerprint density at radius 1 is 1.07 bits per heavy atom. The summed E-state index contributed by atoms with van der Waals surface area (Å²) in [6, 6.07) is 6.49. The second kappa shape index (κ2) is 13.0. The summed E-state index contributed by atoms with van der Waals surface area (Å²) in [5, 5.41) is 6.74.